The average Bonchev–Trinajstić information content (AvgIpc) is 3.29. The second-order valence-corrected chi connectivity index (χ2v) is 10.3. The standard InChI is InChI=1S/C25H38N6O6/c1-24(2,3)36-22(33)28-10-11-31(23(34)37-25(4,5)6)15-18-12-19(35-7)13-20(30-18)21(32)27-9-8-17-14-26-16-29-17/h12-14,16H,8-11,15H2,1-7H3,(H,26,29)(H,27,32)(H,28,33). The third-order valence-corrected chi connectivity index (χ3v) is 4.61. The number of hydrogen-bond donors (Lipinski definition) is 3. The van der Waals surface area contributed by atoms with E-state index in [1.54, 1.807) is 60.1 Å². The van der Waals surface area contributed by atoms with Crippen molar-refractivity contribution in [2.24, 2.45) is 0 Å². The van der Waals surface area contributed by atoms with Crippen LogP contribution in [0.15, 0.2) is 24.7 Å². The summed E-state index contributed by atoms with van der Waals surface area (Å²) in [6, 6.07) is 3.16. The van der Waals surface area contributed by atoms with Crippen molar-refractivity contribution in [3.8, 4) is 5.75 Å². The number of hydrogen-bond acceptors (Lipinski definition) is 8. The Labute approximate surface area is 217 Å². The molecule has 0 aliphatic carbocycles. The molecule has 0 radical (unpaired) electrons. The molecule has 204 valence electrons. The Morgan fingerprint density at radius 1 is 1.00 bits per heavy atom. The molecule has 0 fully saturated rings. The predicted molar refractivity (Wildman–Crippen MR) is 136 cm³/mol. The highest BCUT2D eigenvalue weighted by Gasteiger charge is 2.24. The highest BCUT2D eigenvalue weighted by Crippen LogP contribution is 2.17. The van der Waals surface area contributed by atoms with E-state index in [0.29, 0.717) is 24.4 Å². The Kier molecular flexibility index (Phi) is 10.3. The minimum absolute atomic E-state index is 0.0243. The Bertz CT molecular complexity index is 1040. The molecule has 37 heavy (non-hydrogen) atoms. The van der Waals surface area contributed by atoms with E-state index in [1.165, 1.54) is 18.1 Å². The van der Waals surface area contributed by atoms with Crippen molar-refractivity contribution < 1.29 is 28.6 Å². The first-order valence-electron chi connectivity index (χ1n) is 12.0. The van der Waals surface area contributed by atoms with Gasteiger partial charge in [0.15, 0.2) is 0 Å². The van der Waals surface area contributed by atoms with E-state index in [-0.39, 0.29) is 31.2 Å². The Morgan fingerprint density at radius 2 is 1.70 bits per heavy atom. The second-order valence-electron chi connectivity index (χ2n) is 10.3. The highest BCUT2D eigenvalue weighted by molar-refractivity contribution is 5.92. The lowest BCUT2D eigenvalue weighted by Gasteiger charge is -2.27. The molecule has 0 unspecified atom stereocenters. The number of H-pyrrole nitrogens is 1. The maximum Gasteiger partial charge on any atom is 0.410 e. The van der Waals surface area contributed by atoms with Crippen LogP contribution in [0.4, 0.5) is 9.59 Å². The number of pyridine rings is 1. The molecule has 2 aromatic heterocycles. The molecule has 3 amide bonds. The number of imidazole rings is 1. The number of nitrogens with one attached hydrogen (secondary N) is 3. The summed E-state index contributed by atoms with van der Waals surface area (Å²) in [4.78, 5) is 50.4. The molecule has 0 spiro atoms. The fourth-order valence-electron chi connectivity index (χ4n) is 3.06. The second kappa shape index (κ2) is 12.9. The van der Waals surface area contributed by atoms with Gasteiger partial charge in [0.25, 0.3) is 5.91 Å². The van der Waals surface area contributed by atoms with Gasteiger partial charge in [0.1, 0.15) is 22.6 Å². The van der Waals surface area contributed by atoms with Crippen LogP contribution in [0.5, 0.6) is 5.75 Å². The maximum absolute atomic E-state index is 12.9. The summed E-state index contributed by atoms with van der Waals surface area (Å²) in [7, 11) is 1.48. The number of carbonyl (C=O) groups is 3. The first kappa shape index (κ1) is 29.4. The number of nitrogens with zero attached hydrogens (tertiary/aromatic N) is 3. The average molecular weight is 519 g/mol. The third kappa shape index (κ3) is 11.2. The molecule has 0 saturated heterocycles. The van der Waals surface area contributed by atoms with Gasteiger partial charge in [-0.25, -0.2) is 19.6 Å². The lowest BCUT2D eigenvalue weighted by atomic mass is 10.2. The number of carbonyl (C=O) groups excluding carboxylic acids is 3. The number of aromatic nitrogens is 3. The SMILES string of the molecule is COc1cc(CN(CCNC(=O)OC(C)(C)C)C(=O)OC(C)(C)C)nc(C(=O)NCCc2cnc[nH]2)c1. The smallest absolute Gasteiger partial charge is 0.410 e. The molecule has 2 aromatic rings. The van der Waals surface area contributed by atoms with Crippen molar-refractivity contribution >= 4 is 18.1 Å². The van der Waals surface area contributed by atoms with Crippen molar-refractivity contribution in [3.63, 3.8) is 0 Å². The number of aromatic amines is 1. The zero-order chi connectivity index (χ0) is 27.6. The van der Waals surface area contributed by atoms with Crippen LogP contribution in [-0.2, 0) is 22.4 Å². The summed E-state index contributed by atoms with van der Waals surface area (Å²) < 4.78 is 16.1. The fraction of sp³-hybridized carbons (Fsp3) is 0.560. The number of amides is 3. The van der Waals surface area contributed by atoms with Gasteiger partial charge < -0.3 is 34.7 Å². The van der Waals surface area contributed by atoms with Gasteiger partial charge in [-0.15, -0.1) is 0 Å². The molecule has 0 aliphatic heterocycles. The number of alkyl carbamates (subject to hydrolysis) is 1. The minimum atomic E-state index is -0.727. The van der Waals surface area contributed by atoms with E-state index in [9.17, 15) is 14.4 Å². The summed E-state index contributed by atoms with van der Waals surface area (Å²) in [6.07, 6.45) is 2.67. The van der Waals surface area contributed by atoms with Crippen LogP contribution in [-0.4, -0.2) is 75.9 Å². The van der Waals surface area contributed by atoms with Crippen molar-refractivity contribution in [2.45, 2.75) is 65.7 Å². The van der Waals surface area contributed by atoms with Crippen molar-refractivity contribution in [3.05, 3.63) is 41.7 Å². The van der Waals surface area contributed by atoms with Gasteiger partial charge >= 0.3 is 12.2 Å². The molecule has 12 nitrogen and oxygen atoms in total. The lowest BCUT2D eigenvalue weighted by Crippen LogP contribution is -2.42. The zero-order valence-electron chi connectivity index (χ0n) is 22.6. The molecule has 0 bridgehead atoms. The van der Waals surface area contributed by atoms with Gasteiger partial charge in [0.05, 0.1) is 25.7 Å². The number of rotatable bonds is 10. The fourth-order valence-corrected chi connectivity index (χ4v) is 3.06. The van der Waals surface area contributed by atoms with Gasteiger partial charge in [0.2, 0.25) is 0 Å². The quantitative estimate of drug-likeness (QED) is 0.435. The zero-order valence-corrected chi connectivity index (χ0v) is 22.6. The van der Waals surface area contributed by atoms with Crippen LogP contribution in [0.2, 0.25) is 0 Å². The topological polar surface area (TPSA) is 148 Å². The van der Waals surface area contributed by atoms with E-state index < -0.39 is 23.4 Å². The summed E-state index contributed by atoms with van der Waals surface area (Å²) in [5.41, 5.74) is 0.0910. The molecule has 0 atom stereocenters. The van der Waals surface area contributed by atoms with Gasteiger partial charge in [-0.05, 0) is 41.5 Å². The monoisotopic (exact) mass is 518 g/mol. The van der Waals surface area contributed by atoms with Gasteiger partial charge in [-0.2, -0.15) is 0 Å². The minimum Gasteiger partial charge on any atom is -0.497 e. The predicted octanol–water partition coefficient (Wildman–Crippen LogP) is 3.05. The number of methoxy groups -OCH3 is 1. The van der Waals surface area contributed by atoms with Gasteiger partial charge in [0, 0.05) is 50.1 Å². The van der Waals surface area contributed by atoms with Crippen molar-refractivity contribution in [2.75, 3.05) is 26.7 Å². The highest BCUT2D eigenvalue weighted by atomic mass is 16.6. The van der Waals surface area contributed by atoms with Crippen LogP contribution in [0, 0.1) is 0 Å². The molecule has 12 heteroatoms. The molecular weight excluding hydrogens is 480 g/mol. The third-order valence-electron chi connectivity index (χ3n) is 4.61. The Morgan fingerprint density at radius 3 is 2.30 bits per heavy atom. The first-order chi connectivity index (χ1) is 17.3. The lowest BCUT2D eigenvalue weighted by molar-refractivity contribution is 0.0222. The van der Waals surface area contributed by atoms with Crippen LogP contribution in [0.3, 0.4) is 0 Å². The molecular formula is C25H38N6O6. The first-order valence-corrected chi connectivity index (χ1v) is 12.0. The van der Waals surface area contributed by atoms with E-state index >= 15 is 0 Å². The molecule has 0 aromatic carbocycles. The summed E-state index contributed by atoms with van der Waals surface area (Å²) in [6.45, 7) is 11.2. The van der Waals surface area contributed by atoms with Gasteiger partial charge in [-0.3, -0.25) is 4.79 Å². The Balaban J connectivity index is 2.12. The molecule has 2 rings (SSSR count). The Hall–Kier alpha value is -3.83. The van der Waals surface area contributed by atoms with E-state index in [2.05, 4.69) is 25.6 Å². The molecule has 0 saturated carbocycles. The molecule has 0 aliphatic rings. The van der Waals surface area contributed by atoms with E-state index in [4.69, 9.17) is 14.2 Å². The summed E-state index contributed by atoms with van der Waals surface area (Å²) >= 11 is 0. The summed E-state index contributed by atoms with van der Waals surface area (Å²) in [5.74, 6) is 0.0369. The normalized spacial score (nSPS) is 11.4. The van der Waals surface area contributed by atoms with Crippen molar-refractivity contribution in [1.82, 2.24) is 30.5 Å². The van der Waals surface area contributed by atoms with Crippen LogP contribution in [0.1, 0.15) is 63.4 Å². The summed E-state index contributed by atoms with van der Waals surface area (Å²) in [5, 5.41) is 5.45. The van der Waals surface area contributed by atoms with E-state index in [0.717, 1.165) is 5.69 Å². The molecule has 2 heterocycles. The van der Waals surface area contributed by atoms with Crippen LogP contribution in [0.25, 0.3) is 0 Å². The van der Waals surface area contributed by atoms with E-state index in [1.807, 2.05) is 0 Å². The van der Waals surface area contributed by atoms with Crippen LogP contribution < -0.4 is 15.4 Å². The van der Waals surface area contributed by atoms with Crippen LogP contribution >= 0.6 is 0 Å². The van der Waals surface area contributed by atoms with Gasteiger partial charge in [-0.1, -0.05) is 0 Å². The van der Waals surface area contributed by atoms with Crippen molar-refractivity contribution in [1.29, 1.82) is 0 Å². The number of ether oxygens (including phenoxy) is 3. The molecule has 3 N–H and O–H groups in total. The largest absolute Gasteiger partial charge is 0.497 e. The maximum atomic E-state index is 12.9.